The van der Waals surface area contributed by atoms with Crippen molar-refractivity contribution in [2.75, 3.05) is 13.2 Å². The molecule has 0 aliphatic carbocycles. The van der Waals surface area contributed by atoms with E-state index in [4.69, 9.17) is 32.7 Å². The molecule has 0 saturated carbocycles. The number of phenolic OH excluding ortho intramolecular Hbond substituents is 2. The van der Waals surface area contributed by atoms with Crippen LogP contribution in [0.25, 0.3) is 28.2 Å². The Balaban J connectivity index is 1.81. The van der Waals surface area contributed by atoms with Gasteiger partial charge < -0.3 is 19.7 Å². The van der Waals surface area contributed by atoms with E-state index in [1.54, 1.807) is 29.0 Å². The summed E-state index contributed by atoms with van der Waals surface area (Å²) < 4.78 is 13.0. The van der Waals surface area contributed by atoms with E-state index in [2.05, 4.69) is 9.97 Å². The Bertz CT molecular complexity index is 1270. The zero-order valence-corrected chi connectivity index (χ0v) is 16.3. The van der Waals surface area contributed by atoms with Gasteiger partial charge in [0.05, 0.1) is 16.3 Å². The number of pyridine rings is 1. The monoisotopic (exact) mass is 429 g/mol. The van der Waals surface area contributed by atoms with E-state index in [1.165, 1.54) is 6.07 Å². The van der Waals surface area contributed by atoms with E-state index in [0.717, 1.165) is 0 Å². The summed E-state index contributed by atoms with van der Waals surface area (Å²) in [5.74, 6) is 0.884. The van der Waals surface area contributed by atoms with Crippen LogP contribution >= 0.6 is 23.2 Å². The van der Waals surface area contributed by atoms with Crippen LogP contribution in [0.2, 0.25) is 10.0 Å². The van der Waals surface area contributed by atoms with Crippen molar-refractivity contribution in [1.29, 1.82) is 0 Å². The quantitative estimate of drug-likeness (QED) is 0.484. The average Bonchev–Trinajstić information content (AvgIpc) is 3.13. The third-order valence-electron chi connectivity index (χ3n) is 4.61. The number of benzene rings is 2. The molecule has 0 unspecified atom stereocenters. The molecule has 3 heterocycles. The molecule has 5 rings (SSSR count). The topological polar surface area (TPSA) is 89.6 Å². The largest absolute Gasteiger partial charge is 0.505 e. The van der Waals surface area contributed by atoms with Crippen LogP contribution in [0.3, 0.4) is 0 Å². The van der Waals surface area contributed by atoms with Crippen molar-refractivity contribution in [3.05, 3.63) is 52.6 Å². The molecule has 0 bridgehead atoms. The van der Waals surface area contributed by atoms with E-state index >= 15 is 0 Å². The highest BCUT2D eigenvalue weighted by Gasteiger charge is 2.23. The number of imidazole rings is 1. The number of nitrogens with zero attached hydrogens (tertiary/aromatic N) is 3. The molecule has 0 amide bonds. The Kier molecular flexibility index (Phi) is 4.15. The summed E-state index contributed by atoms with van der Waals surface area (Å²) >= 11 is 12.2. The summed E-state index contributed by atoms with van der Waals surface area (Å²) in [4.78, 5) is 9.05. The van der Waals surface area contributed by atoms with Crippen LogP contribution in [-0.2, 0) is 0 Å². The van der Waals surface area contributed by atoms with Crippen LogP contribution in [0.15, 0.2) is 42.6 Å². The summed E-state index contributed by atoms with van der Waals surface area (Å²) in [6, 6.07) is 10.4. The van der Waals surface area contributed by atoms with E-state index in [1.807, 2.05) is 12.1 Å². The van der Waals surface area contributed by atoms with Gasteiger partial charge in [0.2, 0.25) is 0 Å². The van der Waals surface area contributed by atoms with E-state index < -0.39 is 5.75 Å². The Morgan fingerprint density at radius 2 is 1.76 bits per heavy atom. The summed E-state index contributed by atoms with van der Waals surface area (Å²) in [7, 11) is 0. The predicted octanol–water partition coefficient (Wildman–Crippen LogP) is 4.58. The third kappa shape index (κ3) is 2.82. The lowest BCUT2D eigenvalue weighted by Gasteiger charge is -2.19. The zero-order chi connectivity index (χ0) is 20.1. The van der Waals surface area contributed by atoms with Gasteiger partial charge >= 0.3 is 0 Å². The summed E-state index contributed by atoms with van der Waals surface area (Å²) in [5.41, 5.74) is 2.13. The molecule has 0 saturated heterocycles. The highest BCUT2D eigenvalue weighted by Crippen LogP contribution is 2.46. The second-order valence-corrected chi connectivity index (χ2v) is 7.15. The first-order valence-corrected chi connectivity index (χ1v) is 9.44. The fourth-order valence-electron chi connectivity index (χ4n) is 3.28. The molecule has 29 heavy (non-hydrogen) atoms. The minimum atomic E-state index is -0.394. The fourth-order valence-corrected chi connectivity index (χ4v) is 3.73. The Morgan fingerprint density at radius 3 is 2.59 bits per heavy atom. The molecule has 0 radical (unpaired) electrons. The lowest BCUT2D eigenvalue weighted by molar-refractivity contribution is 0.171. The van der Waals surface area contributed by atoms with Crippen molar-refractivity contribution in [2.24, 2.45) is 0 Å². The molecule has 2 aromatic carbocycles. The highest BCUT2D eigenvalue weighted by atomic mass is 35.5. The van der Waals surface area contributed by atoms with Gasteiger partial charge in [0.15, 0.2) is 28.7 Å². The minimum absolute atomic E-state index is 0.00320. The summed E-state index contributed by atoms with van der Waals surface area (Å²) in [6.07, 6.45) is 1.65. The maximum atomic E-state index is 10.6. The van der Waals surface area contributed by atoms with Crippen LogP contribution in [0.5, 0.6) is 23.0 Å². The smallest absolute Gasteiger partial charge is 0.164 e. The predicted molar refractivity (Wildman–Crippen MR) is 109 cm³/mol. The van der Waals surface area contributed by atoms with Crippen LogP contribution < -0.4 is 9.47 Å². The number of ether oxygens (including phenoxy) is 2. The van der Waals surface area contributed by atoms with Crippen LogP contribution in [0.1, 0.15) is 0 Å². The third-order valence-corrected chi connectivity index (χ3v) is 5.26. The van der Waals surface area contributed by atoms with E-state index in [-0.39, 0.29) is 21.4 Å². The standard InChI is InChI=1S/C20H13Cl2N3O4/c21-12-9-11(17(26)16(22)18(12)27)19-24-13-2-1-5-23-20(13)25(19)10-3-4-14-15(8-10)29-7-6-28-14/h1-5,8-9,26-27H,6-7H2. The van der Waals surface area contributed by atoms with Gasteiger partial charge in [0.1, 0.15) is 29.5 Å². The maximum Gasteiger partial charge on any atom is 0.164 e. The van der Waals surface area contributed by atoms with E-state index in [9.17, 15) is 10.2 Å². The lowest BCUT2D eigenvalue weighted by atomic mass is 10.1. The second kappa shape index (κ2) is 6.72. The van der Waals surface area contributed by atoms with Gasteiger partial charge in [0.25, 0.3) is 0 Å². The molecular formula is C20H13Cl2N3O4. The van der Waals surface area contributed by atoms with Crippen LogP contribution in [0.4, 0.5) is 0 Å². The first-order chi connectivity index (χ1) is 14.0. The van der Waals surface area contributed by atoms with E-state index in [0.29, 0.717) is 47.4 Å². The highest BCUT2D eigenvalue weighted by molar-refractivity contribution is 6.38. The van der Waals surface area contributed by atoms with Crippen LogP contribution in [-0.4, -0.2) is 38.0 Å². The Labute approximate surface area is 174 Å². The van der Waals surface area contributed by atoms with Crippen molar-refractivity contribution >= 4 is 34.4 Å². The fraction of sp³-hybridized carbons (Fsp3) is 0.100. The number of aromatic nitrogens is 3. The first-order valence-electron chi connectivity index (χ1n) is 8.68. The van der Waals surface area contributed by atoms with Gasteiger partial charge in [-0.05, 0) is 30.3 Å². The van der Waals surface area contributed by atoms with Gasteiger partial charge in [-0.1, -0.05) is 23.2 Å². The second-order valence-electron chi connectivity index (χ2n) is 6.36. The van der Waals surface area contributed by atoms with Gasteiger partial charge in [-0.15, -0.1) is 0 Å². The number of fused-ring (bicyclic) bond motifs is 2. The molecule has 146 valence electrons. The Hall–Kier alpha value is -3.16. The number of phenols is 2. The van der Waals surface area contributed by atoms with Crippen molar-refractivity contribution in [3.8, 4) is 40.1 Å². The SMILES string of the molecule is Oc1c(Cl)cc(-c2nc3cccnc3n2-c2ccc3c(c2)OCCO3)c(O)c1Cl. The molecule has 1 aliphatic rings. The number of aromatic hydroxyl groups is 2. The van der Waals surface area contributed by atoms with Crippen molar-refractivity contribution in [1.82, 2.24) is 14.5 Å². The number of halogens is 2. The lowest BCUT2D eigenvalue weighted by Crippen LogP contribution is -2.15. The van der Waals surface area contributed by atoms with Crippen molar-refractivity contribution in [3.63, 3.8) is 0 Å². The molecule has 7 nitrogen and oxygen atoms in total. The van der Waals surface area contributed by atoms with Crippen molar-refractivity contribution < 1.29 is 19.7 Å². The molecular weight excluding hydrogens is 417 g/mol. The molecule has 0 atom stereocenters. The van der Waals surface area contributed by atoms with Gasteiger partial charge in [0, 0.05) is 12.3 Å². The van der Waals surface area contributed by atoms with Crippen molar-refractivity contribution in [2.45, 2.75) is 0 Å². The number of hydrogen-bond donors (Lipinski definition) is 2. The first kappa shape index (κ1) is 17.9. The average molecular weight is 430 g/mol. The number of hydrogen-bond acceptors (Lipinski definition) is 6. The molecule has 1 aliphatic heterocycles. The van der Waals surface area contributed by atoms with Gasteiger partial charge in [-0.25, -0.2) is 9.97 Å². The van der Waals surface area contributed by atoms with Gasteiger partial charge in [-0.2, -0.15) is 0 Å². The number of rotatable bonds is 2. The molecule has 4 aromatic rings. The molecule has 9 heteroatoms. The zero-order valence-electron chi connectivity index (χ0n) is 14.8. The minimum Gasteiger partial charge on any atom is -0.505 e. The summed E-state index contributed by atoms with van der Waals surface area (Å²) in [6.45, 7) is 0.946. The molecule has 0 fully saturated rings. The van der Waals surface area contributed by atoms with Crippen LogP contribution in [0, 0.1) is 0 Å². The normalized spacial score (nSPS) is 13.0. The Morgan fingerprint density at radius 1 is 0.966 bits per heavy atom. The maximum absolute atomic E-state index is 10.6. The molecule has 2 aromatic heterocycles. The molecule has 0 spiro atoms. The molecule has 2 N–H and O–H groups in total. The van der Waals surface area contributed by atoms with Gasteiger partial charge in [-0.3, -0.25) is 4.57 Å². The summed E-state index contributed by atoms with van der Waals surface area (Å²) in [5, 5.41) is 20.2.